The Labute approximate surface area is 126 Å². The van der Waals surface area contributed by atoms with Crippen LogP contribution in [0.2, 0.25) is 0 Å². The second kappa shape index (κ2) is 18.7. The molecule has 2 aromatic rings. The van der Waals surface area contributed by atoms with Crippen LogP contribution in [-0.2, 0) is 29.1 Å². The molecule has 0 bridgehead atoms. The Morgan fingerprint density at radius 1 is 0.895 bits per heavy atom. The molecule has 0 N–H and O–H groups in total. The summed E-state index contributed by atoms with van der Waals surface area (Å²) in [5.74, 6) is 1.69. The van der Waals surface area contributed by atoms with Crippen LogP contribution in [0.15, 0.2) is 24.8 Å². The summed E-state index contributed by atoms with van der Waals surface area (Å²) in [7, 11) is 0. The molecule has 0 aliphatic heterocycles. The SMILES string of the molecule is CC=O.CC=O.Cc1ncc[n-]1.Cc1ncc[n-]1.[Zn+2]. The van der Waals surface area contributed by atoms with E-state index >= 15 is 0 Å². The van der Waals surface area contributed by atoms with Gasteiger partial charge < -0.3 is 29.5 Å². The fourth-order valence-corrected chi connectivity index (χ4v) is 0.631. The topological polar surface area (TPSA) is 88.1 Å². The molecule has 2 rings (SSSR count). The summed E-state index contributed by atoms with van der Waals surface area (Å²) < 4.78 is 0. The second-order valence-electron chi connectivity index (χ2n) is 2.68. The predicted octanol–water partition coefficient (Wildman–Crippen LogP) is 1.10. The Morgan fingerprint density at radius 2 is 1.16 bits per heavy atom. The quantitative estimate of drug-likeness (QED) is 0.534. The fraction of sp³-hybridized carbons (Fsp3) is 0.333. The number of nitrogens with zero attached hydrogens (tertiary/aromatic N) is 4. The first-order valence-electron chi connectivity index (χ1n) is 5.22. The molecule has 0 unspecified atom stereocenters. The van der Waals surface area contributed by atoms with E-state index in [2.05, 4.69) is 19.9 Å². The maximum Gasteiger partial charge on any atom is 2.00 e. The third-order valence-corrected chi connectivity index (χ3v) is 1.18. The van der Waals surface area contributed by atoms with Crippen molar-refractivity contribution in [3.05, 3.63) is 36.4 Å². The molecule has 0 saturated heterocycles. The number of aldehydes is 2. The standard InChI is InChI=1S/2C4H5N2.2C2H4O.Zn/c2*1-4-5-2-3-6-4;2*1-2-3;/h2*2-3H,1H3;2*2H,1H3;/q2*-1;;;+2. The van der Waals surface area contributed by atoms with Crippen molar-refractivity contribution in [2.45, 2.75) is 27.7 Å². The van der Waals surface area contributed by atoms with Crippen LogP contribution in [0.5, 0.6) is 0 Å². The van der Waals surface area contributed by atoms with Crippen LogP contribution in [0, 0.1) is 13.8 Å². The first-order valence-corrected chi connectivity index (χ1v) is 5.22. The van der Waals surface area contributed by atoms with E-state index in [1.54, 1.807) is 24.8 Å². The second-order valence-corrected chi connectivity index (χ2v) is 2.68. The zero-order valence-corrected chi connectivity index (χ0v) is 14.7. The molecule has 0 spiro atoms. The number of imidazole rings is 2. The molecule has 19 heavy (non-hydrogen) atoms. The Bertz CT molecular complexity index is 336. The Balaban J connectivity index is -0.000000188. The maximum absolute atomic E-state index is 8.81. The third-order valence-electron chi connectivity index (χ3n) is 1.18. The average molecular weight is 316 g/mol. The molecule has 6 nitrogen and oxygen atoms in total. The van der Waals surface area contributed by atoms with Gasteiger partial charge in [-0.3, -0.25) is 0 Å². The molecule has 0 fully saturated rings. The van der Waals surface area contributed by atoms with Gasteiger partial charge in [0.2, 0.25) is 0 Å². The number of hydrogen-bond donors (Lipinski definition) is 0. The molecule has 0 atom stereocenters. The summed E-state index contributed by atoms with van der Waals surface area (Å²) in [6.45, 7) is 6.61. The van der Waals surface area contributed by atoms with E-state index in [1.807, 2.05) is 13.8 Å². The molecule has 0 aliphatic carbocycles. The van der Waals surface area contributed by atoms with Crippen molar-refractivity contribution >= 4 is 12.6 Å². The van der Waals surface area contributed by atoms with Crippen molar-refractivity contribution in [3.8, 4) is 0 Å². The van der Waals surface area contributed by atoms with E-state index in [0.717, 1.165) is 24.2 Å². The van der Waals surface area contributed by atoms with E-state index in [-0.39, 0.29) is 19.5 Å². The van der Waals surface area contributed by atoms with Gasteiger partial charge in [0, 0.05) is 0 Å². The van der Waals surface area contributed by atoms with Crippen LogP contribution in [0.4, 0.5) is 0 Å². The molecule has 7 heteroatoms. The average Bonchev–Trinajstić information content (AvgIpc) is 2.95. The fourth-order valence-electron chi connectivity index (χ4n) is 0.631. The molecule has 0 aromatic carbocycles. The van der Waals surface area contributed by atoms with Crippen LogP contribution in [0.25, 0.3) is 0 Å². The summed E-state index contributed by atoms with van der Waals surface area (Å²) in [6.07, 6.45) is 8.20. The number of aryl methyl sites for hydroxylation is 2. The first kappa shape index (κ1) is 22.6. The Morgan fingerprint density at radius 3 is 1.21 bits per heavy atom. The number of aromatic nitrogens is 4. The molecule has 2 heterocycles. The van der Waals surface area contributed by atoms with Gasteiger partial charge in [0.1, 0.15) is 12.6 Å². The predicted molar refractivity (Wildman–Crippen MR) is 68.1 cm³/mol. The summed E-state index contributed by atoms with van der Waals surface area (Å²) >= 11 is 0. The van der Waals surface area contributed by atoms with Gasteiger partial charge in [-0.2, -0.15) is 0 Å². The van der Waals surface area contributed by atoms with E-state index in [9.17, 15) is 0 Å². The third kappa shape index (κ3) is 22.1. The van der Waals surface area contributed by atoms with Crippen molar-refractivity contribution in [3.63, 3.8) is 0 Å². The van der Waals surface area contributed by atoms with Crippen molar-refractivity contribution in [2.24, 2.45) is 0 Å². The molecule has 0 radical (unpaired) electrons. The molecular weight excluding hydrogens is 298 g/mol. The largest absolute Gasteiger partial charge is 2.00 e. The minimum Gasteiger partial charge on any atom is -0.447 e. The molecular formula is C12H18N4O2Zn. The molecule has 0 saturated carbocycles. The smallest absolute Gasteiger partial charge is 0.447 e. The van der Waals surface area contributed by atoms with Crippen molar-refractivity contribution in [1.82, 2.24) is 19.9 Å². The monoisotopic (exact) mass is 314 g/mol. The zero-order chi connectivity index (χ0) is 14.2. The normalized spacial score (nSPS) is 6.95. The minimum atomic E-state index is 0. The molecule has 2 aromatic heterocycles. The summed E-state index contributed by atoms with van der Waals surface area (Å²) in [5.41, 5.74) is 0. The van der Waals surface area contributed by atoms with Gasteiger partial charge in [-0.15, -0.1) is 0 Å². The van der Waals surface area contributed by atoms with Crippen LogP contribution in [0.3, 0.4) is 0 Å². The summed E-state index contributed by atoms with van der Waals surface area (Å²) in [6, 6.07) is 0. The Kier molecular flexibility index (Phi) is 22.2. The van der Waals surface area contributed by atoms with Crippen LogP contribution in [0.1, 0.15) is 25.5 Å². The minimum absolute atomic E-state index is 0. The summed E-state index contributed by atoms with van der Waals surface area (Å²) in [4.78, 5) is 32.8. The Hall–Kier alpha value is -1.62. The molecule has 100 valence electrons. The van der Waals surface area contributed by atoms with Gasteiger partial charge in [0.25, 0.3) is 0 Å². The van der Waals surface area contributed by atoms with Gasteiger partial charge >= 0.3 is 19.5 Å². The van der Waals surface area contributed by atoms with Crippen LogP contribution >= 0.6 is 0 Å². The van der Waals surface area contributed by atoms with Crippen molar-refractivity contribution in [1.29, 1.82) is 0 Å². The van der Waals surface area contributed by atoms with Gasteiger partial charge in [0.15, 0.2) is 0 Å². The number of rotatable bonds is 0. The number of hydrogen-bond acceptors (Lipinski definition) is 4. The molecule has 0 amide bonds. The van der Waals surface area contributed by atoms with E-state index < -0.39 is 0 Å². The van der Waals surface area contributed by atoms with Crippen LogP contribution < -0.4 is 9.97 Å². The van der Waals surface area contributed by atoms with Gasteiger partial charge in [0.05, 0.1) is 0 Å². The van der Waals surface area contributed by atoms with Gasteiger partial charge in [-0.1, -0.05) is 36.4 Å². The summed E-state index contributed by atoms with van der Waals surface area (Å²) in [5, 5.41) is 0. The number of carbonyl (C=O) groups is 2. The first-order chi connectivity index (χ1) is 8.62. The van der Waals surface area contributed by atoms with Crippen LogP contribution in [-0.4, -0.2) is 22.5 Å². The van der Waals surface area contributed by atoms with Gasteiger partial charge in [-0.25, -0.2) is 0 Å². The van der Waals surface area contributed by atoms with E-state index in [0.29, 0.717) is 0 Å². The van der Waals surface area contributed by atoms with Crippen molar-refractivity contribution < 1.29 is 29.1 Å². The van der Waals surface area contributed by atoms with Crippen molar-refractivity contribution in [2.75, 3.05) is 0 Å². The number of carbonyl (C=O) groups excluding carboxylic acids is 2. The molecule has 0 aliphatic rings. The van der Waals surface area contributed by atoms with E-state index in [1.165, 1.54) is 13.8 Å². The zero-order valence-electron chi connectivity index (χ0n) is 11.8. The van der Waals surface area contributed by atoms with Gasteiger partial charge in [-0.05, 0) is 27.7 Å². The maximum atomic E-state index is 8.81. The van der Waals surface area contributed by atoms with E-state index in [4.69, 9.17) is 9.59 Å².